The van der Waals surface area contributed by atoms with E-state index in [-0.39, 0.29) is 41.3 Å². The second-order valence-corrected chi connectivity index (χ2v) is 8.20. The summed E-state index contributed by atoms with van der Waals surface area (Å²) in [7, 11) is 0. The summed E-state index contributed by atoms with van der Waals surface area (Å²) in [5.74, 6) is -1.50. The molecule has 0 saturated carbocycles. The van der Waals surface area contributed by atoms with E-state index in [9.17, 15) is 18.4 Å². The number of ether oxygens (including phenoxy) is 1. The number of benzene rings is 1. The van der Waals surface area contributed by atoms with E-state index in [1.54, 1.807) is 20.0 Å². The van der Waals surface area contributed by atoms with Crippen molar-refractivity contribution in [3.8, 4) is 5.75 Å². The lowest BCUT2D eigenvalue weighted by atomic mass is 10.1. The minimum absolute atomic E-state index is 0.144. The van der Waals surface area contributed by atoms with Crippen molar-refractivity contribution in [2.45, 2.75) is 39.5 Å². The van der Waals surface area contributed by atoms with Gasteiger partial charge in [-0.05, 0) is 41.9 Å². The molecular formula is C22H22BrF2N5O3. The Morgan fingerprint density at radius 1 is 1.27 bits per heavy atom. The average molecular weight is 522 g/mol. The van der Waals surface area contributed by atoms with Crippen LogP contribution in [0.3, 0.4) is 0 Å². The molecule has 0 aliphatic carbocycles. The summed E-state index contributed by atoms with van der Waals surface area (Å²) >= 11 is 3.23. The Bertz CT molecular complexity index is 1220. The predicted octanol–water partition coefficient (Wildman–Crippen LogP) is 2.65. The maximum atomic E-state index is 14.0. The number of amides is 1. The lowest BCUT2D eigenvalue weighted by Gasteiger charge is -2.16. The van der Waals surface area contributed by atoms with Gasteiger partial charge < -0.3 is 20.8 Å². The summed E-state index contributed by atoms with van der Waals surface area (Å²) in [6.45, 7) is 3.28. The standard InChI is InChI=1S/C22H22BrF2N5O3/c1-11(26)21(31)29-9-16-8-27-15(7-28-16)6-17-12(2)30-22(32)19(23)20(17)33-10-13-3-4-14(24)5-18(13)25/h3-5,7-8,11H,6,9-10,26H2,1-2H3,(H,29,31)(H,30,32)/t11-/m0/s1. The monoisotopic (exact) mass is 521 g/mol. The van der Waals surface area contributed by atoms with E-state index in [4.69, 9.17) is 10.5 Å². The van der Waals surface area contributed by atoms with Crippen LogP contribution in [0.25, 0.3) is 0 Å². The normalized spacial score (nSPS) is 11.8. The van der Waals surface area contributed by atoms with Crippen LogP contribution in [0.2, 0.25) is 0 Å². The third-order valence-corrected chi connectivity index (χ3v) is 5.51. The number of H-pyrrole nitrogens is 1. The van der Waals surface area contributed by atoms with E-state index in [0.717, 1.165) is 12.1 Å². The molecule has 0 saturated heterocycles. The number of nitrogens with one attached hydrogen (secondary N) is 2. The fourth-order valence-electron chi connectivity index (χ4n) is 2.94. The number of hydrogen-bond acceptors (Lipinski definition) is 6. The van der Waals surface area contributed by atoms with Crippen LogP contribution in [0.4, 0.5) is 8.78 Å². The number of halogens is 3. The fraction of sp³-hybridized carbons (Fsp3) is 0.273. The van der Waals surface area contributed by atoms with E-state index in [0.29, 0.717) is 22.6 Å². The minimum Gasteiger partial charge on any atom is -0.487 e. The summed E-state index contributed by atoms with van der Waals surface area (Å²) in [6, 6.07) is 2.56. The molecule has 33 heavy (non-hydrogen) atoms. The SMILES string of the molecule is Cc1[nH]c(=O)c(Br)c(OCc2ccc(F)cc2F)c1Cc1cnc(CNC(=O)[C@H](C)N)cn1. The molecule has 4 N–H and O–H groups in total. The van der Waals surface area contributed by atoms with E-state index in [2.05, 4.69) is 36.2 Å². The van der Waals surface area contributed by atoms with Crippen LogP contribution in [0.1, 0.15) is 35.1 Å². The molecular weight excluding hydrogens is 500 g/mol. The number of hydrogen-bond donors (Lipinski definition) is 3. The van der Waals surface area contributed by atoms with Crippen molar-refractivity contribution in [1.29, 1.82) is 0 Å². The number of aromatic nitrogens is 3. The quantitative estimate of drug-likeness (QED) is 0.418. The van der Waals surface area contributed by atoms with Gasteiger partial charge in [0.15, 0.2) is 0 Å². The van der Waals surface area contributed by atoms with Crippen LogP contribution in [-0.2, 0) is 24.4 Å². The van der Waals surface area contributed by atoms with Gasteiger partial charge in [0, 0.05) is 35.5 Å². The highest BCUT2D eigenvalue weighted by Gasteiger charge is 2.18. The second-order valence-electron chi connectivity index (χ2n) is 7.41. The van der Waals surface area contributed by atoms with E-state index in [1.165, 1.54) is 12.3 Å². The zero-order valence-electron chi connectivity index (χ0n) is 17.9. The summed E-state index contributed by atoms with van der Waals surface area (Å²) in [5.41, 5.74) is 7.55. The van der Waals surface area contributed by atoms with Crippen molar-refractivity contribution in [1.82, 2.24) is 20.3 Å². The smallest absolute Gasteiger partial charge is 0.266 e. The summed E-state index contributed by atoms with van der Waals surface area (Å²) < 4.78 is 33.1. The van der Waals surface area contributed by atoms with Crippen molar-refractivity contribution < 1.29 is 18.3 Å². The molecule has 0 unspecified atom stereocenters. The van der Waals surface area contributed by atoms with Crippen LogP contribution in [-0.4, -0.2) is 26.9 Å². The molecule has 0 bridgehead atoms. The average Bonchev–Trinajstić information content (AvgIpc) is 2.77. The summed E-state index contributed by atoms with van der Waals surface area (Å²) in [6.07, 6.45) is 3.35. The summed E-state index contributed by atoms with van der Waals surface area (Å²) in [4.78, 5) is 35.2. The third kappa shape index (κ3) is 6.20. The number of pyridine rings is 1. The third-order valence-electron chi connectivity index (χ3n) is 4.79. The van der Waals surface area contributed by atoms with Gasteiger partial charge in [-0.25, -0.2) is 8.78 Å². The van der Waals surface area contributed by atoms with Gasteiger partial charge in [0.1, 0.15) is 28.5 Å². The van der Waals surface area contributed by atoms with Gasteiger partial charge in [-0.2, -0.15) is 0 Å². The number of nitrogens with two attached hydrogens (primary N) is 1. The van der Waals surface area contributed by atoms with Gasteiger partial charge in [-0.3, -0.25) is 19.6 Å². The highest BCUT2D eigenvalue weighted by atomic mass is 79.9. The largest absolute Gasteiger partial charge is 0.487 e. The highest BCUT2D eigenvalue weighted by Crippen LogP contribution is 2.30. The van der Waals surface area contributed by atoms with Crippen LogP contribution >= 0.6 is 15.9 Å². The number of aryl methyl sites for hydroxylation is 1. The minimum atomic E-state index is -0.744. The zero-order chi connectivity index (χ0) is 24.1. The molecule has 174 valence electrons. The first-order valence-corrected chi connectivity index (χ1v) is 10.8. The Morgan fingerprint density at radius 2 is 1.97 bits per heavy atom. The van der Waals surface area contributed by atoms with Crippen molar-refractivity contribution in [3.05, 3.63) is 85.3 Å². The van der Waals surface area contributed by atoms with Crippen molar-refractivity contribution >= 4 is 21.8 Å². The van der Waals surface area contributed by atoms with Crippen molar-refractivity contribution in [3.63, 3.8) is 0 Å². The first kappa shape index (κ1) is 24.5. The Kier molecular flexibility index (Phi) is 7.88. The molecule has 11 heteroatoms. The molecule has 0 radical (unpaired) electrons. The van der Waals surface area contributed by atoms with E-state index in [1.807, 2.05) is 0 Å². The lowest BCUT2D eigenvalue weighted by molar-refractivity contribution is -0.122. The van der Waals surface area contributed by atoms with Gasteiger partial charge in [0.25, 0.3) is 5.56 Å². The Morgan fingerprint density at radius 3 is 2.61 bits per heavy atom. The molecule has 0 fully saturated rings. The van der Waals surface area contributed by atoms with Gasteiger partial charge >= 0.3 is 0 Å². The molecule has 8 nitrogen and oxygen atoms in total. The Labute approximate surface area is 196 Å². The predicted molar refractivity (Wildman–Crippen MR) is 121 cm³/mol. The van der Waals surface area contributed by atoms with Crippen LogP contribution in [0.5, 0.6) is 5.75 Å². The maximum absolute atomic E-state index is 14.0. The van der Waals surface area contributed by atoms with Gasteiger partial charge in [-0.15, -0.1) is 0 Å². The lowest BCUT2D eigenvalue weighted by Crippen LogP contribution is -2.38. The summed E-state index contributed by atoms with van der Waals surface area (Å²) in [5, 5.41) is 2.65. The maximum Gasteiger partial charge on any atom is 0.266 e. The van der Waals surface area contributed by atoms with Crippen LogP contribution < -0.4 is 21.3 Å². The number of carbonyl (C=O) groups excluding carboxylic acids is 1. The number of rotatable bonds is 8. The molecule has 1 atom stereocenters. The first-order chi connectivity index (χ1) is 15.7. The molecule has 0 aliphatic rings. The molecule has 1 amide bonds. The van der Waals surface area contributed by atoms with E-state index < -0.39 is 23.2 Å². The van der Waals surface area contributed by atoms with Crippen molar-refractivity contribution in [2.75, 3.05) is 0 Å². The first-order valence-electron chi connectivity index (χ1n) is 9.96. The van der Waals surface area contributed by atoms with Crippen LogP contribution in [0.15, 0.2) is 39.9 Å². The van der Waals surface area contributed by atoms with Gasteiger partial charge in [0.2, 0.25) is 5.91 Å². The van der Waals surface area contributed by atoms with Gasteiger partial charge in [0.05, 0.1) is 30.2 Å². The number of carbonyl (C=O) groups is 1. The zero-order valence-corrected chi connectivity index (χ0v) is 19.5. The molecule has 3 rings (SSSR count). The van der Waals surface area contributed by atoms with E-state index >= 15 is 0 Å². The van der Waals surface area contributed by atoms with Crippen molar-refractivity contribution in [2.24, 2.45) is 5.73 Å². The molecule has 1 aromatic carbocycles. The second kappa shape index (κ2) is 10.6. The highest BCUT2D eigenvalue weighted by molar-refractivity contribution is 9.10. The molecule has 2 aromatic heterocycles. The number of aromatic amines is 1. The topological polar surface area (TPSA) is 123 Å². The Hall–Kier alpha value is -3.18. The molecule has 0 spiro atoms. The molecule has 3 aromatic rings. The van der Waals surface area contributed by atoms with Gasteiger partial charge in [-0.1, -0.05) is 0 Å². The molecule has 0 aliphatic heterocycles. The van der Waals surface area contributed by atoms with Crippen LogP contribution in [0, 0.1) is 18.6 Å². The molecule has 2 heterocycles. The Balaban J connectivity index is 1.80. The fourth-order valence-corrected chi connectivity index (χ4v) is 3.40. The number of nitrogens with zero attached hydrogens (tertiary/aromatic N) is 2.